The summed E-state index contributed by atoms with van der Waals surface area (Å²) in [6.45, 7) is 10.9. The standard InChI is InChI=1S/C18H27NO2/c1-5-21-18-9-8-16(15(4)20)11-17(18)12-19-10-6-7-13(2)14(19)3/h8-9,11,13-14H,5-7,10,12H2,1-4H3. The molecule has 1 aromatic carbocycles. The van der Waals surface area contributed by atoms with Crippen molar-refractivity contribution < 1.29 is 9.53 Å². The lowest BCUT2D eigenvalue weighted by Gasteiger charge is -2.38. The van der Waals surface area contributed by atoms with Crippen molar-refractivity contribution in [2.24, 2.45) is 5.92 Å². The third-order valence-corrected chi connectivity index (χ3v) is 4.64. The van der Waals surface area contributed by atoms with Crippen molar-refractivity contribution in [1.29, 1.82) is 0 Å². The fraction of sp³-hybridized carbons (Fsp3) is 0.611. The van der Waals surface area contributed by atoms with Gasteiger partial charge in [0.1, 0.15) is 5.75 Å². The smallest absolute Gasteiger partial charge is 0.159 e. The Kier molecular flexibility index (Phi) is 5.40. The van der Waals surface area contributed by atoms with E-state index in [0.29, 0.717) is 12.6 Å². The molecule has 1 fully saturated rings. The summed E-state index contributed by atoms with van der Waals surface area (Å²) in [5.74, 6) is 1.75. The maximum atomic E-state index is 11.6. The Bertz CT molecular complexity index is 498. The van der Waals surface area contributed by atoms with Crippen LogP contribution in [0, 0.1) is 5.92 Å². The van der Waals surface area contributed by atoms with Crippen LogP contribution < -0.4 is 4.74 Å². The highest BCUT2D eigenvalue weighted by Gasteiger charge is 2.25. The van der Waals surface area contributed by atoms with Gasteiger partial charge in [-0.1, -0.05) is 6.92 Å². The molecule has 21 heavy (non-hydrogen) atoms. The fourth-order valence-electron chi connectivity index (χ4n) is 3.08. The van der Waals surface area contributed by atoms with Crippen LogP contribution in [0.5, 0.6) is 5.75 Å². The second-order valence-corrected chi connectivity index (χ2v) is 6.14. The number of carbonyl (C=O) groups is 1. The van der Waals surface area contributed by atoms with Crippen molar-refractivity contribution in [2.75, 3.05) is 13.2 Å². The van der Waals surface area contributed by atoms with Crippen LogP contribution in [0.15, 0.2) is 18.2 Å². The SMILES string of the molecule is CCOc1ccc(C(C)=O)cc1CN1CCCC(C)C1C. The lowest BCUT2D eigenvalue weighted by Crippen LogP contribution is -2.41. The van der Waals surface area contributed by atoms with Gasteiger partial charge in [-0.15, -0.1) is 0 Å². The number of carbonyl (C=O) groups excluding carboxylic acids is 1. The van der Waals surface area contributed by atoms with Gasteiger partial charge >= 0.3 is 0 Å². The summed E-state index contributed by atoms with van der Waals surface area (Å²) in [4.78, 5) is 14.1. The molecule has 0 radical (unpaired) electrons. The van der Waals surface area contributed by atoms with E-state index in [4.69, 9.17) is 4.74 Å². The Morgan fingerprint density at radius 1 is 1.38 bits per heavy atom. The Hall–Kier alpha value is -1.35. The molecule has 1 saturated heterocycles. The monoisotopic (exact) mass is 289 g/mol. The summed E-state index contributed by atoms with van der Waals surface area (Å²) in [6.07, 6.45) is 2.56. The lowest BCUT2D eigenvalue weighted by atomic mass is 9.91. The van der Waals surface area contributed by atoms with Crippen LogP contribution >= 0.6 is 0 Å². The number of nitrogens with zero attached hydrogens (tertiary/aromatic N) is 1. The number of hydrogen-bond donors (Lipinski definition) is 0. The number of rotatable bonds is 5. The summed E-state index contributed by atoms with van der Waals surface area (Å²) in [6, 6.07) is 6.38. The molecular formula is C18H27NO2. The third kappa shape index (κ3) is 3.85. The zero-order valence-corrected chi connectivity index (χ0v) is 13.7. The number of ether oxygens (including phenoxy) is 1. The zero-order chi connectivity index (χ0) is 15.4. The second kappa shape index (κ2) is 7.08. The molecule has 3 nitrogen and oxygen atoms in total. The Morgan fingerprint density at radius 3 is 2.81 bits per heavy atom. The molecule has 0 N–H and O–H groups in total. The maximum Gasteiger partial charge on any atom is 0.159 e. The van der Waals surface area contributed by atoms with Crippen LogP contribution in [0.1, 0.15) is 56.5 Å². The van der Waals surface area contributed by atoms with E-state index in [1.165, 1.54) is 12.8 Å². The highest BCUT2D eigenvalue weighted by Crippen LogP contribution is 2.28. The number of Topliss-reactive ketones (excluding diaryl/α,β-unsaturated/α-hetero) is 1. The molecule has 1 aliphatic rings. The van der Waals surface area contributed by atoms with Gasteiger partial charge < -0.3 is 4.74 Å². The van der Waals surface area contributed by atoms with E-state index < -0.39 is 0 Å². The molecule has 0 amide bonds. The van der Waals surface area contributed by atoms with Gasteiger partial charge in [-0.3, -0.25) is 9.69 Å². The molecule has 0 bridgehead atoms. The third-order valence-electron chi connectivity index (χ3n) is 4.64. The van der Waals surface area contributed by atoms with Crippen LogP contribution in [-0.2, 0) is 6.54 Å². The maximum absolute atomic E-state index is 11.6. The first-order valence-corrected chi connectivity index (χ1v) is 8.03. The highest BCUT2D eigenvalue weighted by atomic mass is 16.5. The van der Waals surface area contributed by atoms with Crippen LogP contribution in [0.3, 0.4) is 0 Å². The summed E-state index contributed by atoms with van der Waals surface area (Å²) in [5, 5.41) is 0. The summed E-state index contributed by atoms with van der Waals surface area (Å²) < 4.78 is 5.74. The van der Waals surface area contributed by atoms with Crippen molar-refractivity contribution in [2.45, 2.75) is 53.1 Å². The van der Waals surface area contributed by atoms with E-state index >= 15 is 0 Å². The van der Waals surface area contributed by atoms with E-state index in [-0.39, 0.29) is 5.78 Å². The molecule has 2 rings (SSSR count). The van der Waals surface area contributed by atoms with Gasteiger partial charge in [-0.2, -0.15) is 0 Å². The summed E-state index contributed by atoms with van der Waals surface area (Å²) in [5.41, 5.74) is 1.90. The highest BCUT2D eigenvalue weighted by molar-refractivity contribution is 5.94. The van der Waals surface area contributed by atoms with Crippen molar-refractivity contribution in [3.63, 3.8) is 0 Å². The van der Waals surface area contributed by atoms with Crippen molar-refractivity contribution in [3.8, 4) is 5.75 Å². The molecule has 0 spiro atoms. The van der Waals surface area contributed by atoms with Crippen molar-refractivity contribution in [3.05, 3.63) is 29.3 Å². The van der Waals surface area contributed by atoms with Gasteiger partial charge in [0, 0.05) is 23.7 Å². The minimum absolute atomic E-state index is 0.111. The second-order valence-electron chi connectivity index (χ2n) is 6.14. The number of piperidine rings is 1. The molecular weight excluding hydrogens is 262 g/mol. The first-order chi connectivity index (χ1) is 10.0. The minimum Gasteiger partial charge on any atom is -0.494 e. The predicted molar refractivity (Wildman–Crippen MR) is 85.9 cm³/mol. The molecule has 3 heteroatoms. The van der Waals surface area contributed by atoms with Gasteiger partial charge in [-0.25, -0.2) is 0 Å². The molecule has 1 aliphatic heterocycles. The predicted octanol–water partition coefficient (Wildman–Crippen LogP) is 3.91. The molecule has 1 aromatic rings. The van der Waals surface area contributed by atoms with Gasteiger partial charge in [0.05, 0.1) is 6.61 Å². The van der Waals surface area contributed by atoms with E-state index in [1.54, 1.807) is 6.92 Å². The van der Waals surface area contributed by atoms with Crippen LogP contribution in [0.4, 0.5) is 0 Å². The van der Waals surface area contributed by atoms with Crippen LogP contribution in [0.25, 0.3) is 0 Å². The lowest BCUT2D eigenvalue weighted by molar-refractivity contribution is 0.101. The minimum atomic E-state index is 0.111. The fourth-order valence-corrected chi connectivity index (χ4v) is 3.08. The Balaban J connectivity index is 2.23. The number of ketones is 1. The Morgan fingerprint density at radius 2 is 2.14 bits per heavy atom. The molecule has 116 valence electrons. The number of benzene rings is 1. The van der Waals surface area contributed by atoms with E-state index in [2.05, 4.69) is 18.7 Å². The van der Waals surface area contributed by atoms with E-state index in [1.807, 2.05) is 25.1 Å². The van der Waals surface area contributed by atoms with Crippen LogP contribution in [-0.4, -0.2) is 29.9 Å². The average Bonchev–Trinajstić information content (AvgIpc) is 2.45. The summed E-state index contributed by atoms with van der Waals surface area (Å²) >= 11 is 0. The van der Waals surface area contributed by atoms with Gasteiger partial charge in [0.2, 0.25) is 0 Å². The number of likely N-dealkylation sites (tertiary alicyclic amines) is 1. The average molecular weight is 289 g/mol. The van der Waals surface area contributed by atoms with E-state index in [9.17, 15) is 4.79 Å². The molecule has 0 aromatic heterocycles. The largest absolute Gasteiger partial charge is 0.494 e. The Labute approximate surface area is 128 Å². The summed E-state index contributed by atoms with van der Waals surface area (Å²) in [7, 11) is 0. The molecule has 0 saturated carbocycles. The quantitative estimate of drug-likeness (QED) is 0.770. The van der Waals surface area contributed by atoms with E-state index in [0.717, 1.165) is 35.9 Å². The first kappa shape index (κ1) is 16.0. The van der Waals surface area contributed by atoms with Crippen LogP contribution in [0.2, 0.25) is 0 Å². The molecule has 2 unspecified atom stereocenters. The van der Waals surface area contributed by atoms with Gasteiger partial charge in [0.25, 0.3) is 0 Å². The first-order valence-electron chi connectivity index (χ1n) is 8.03. The van der Waals surface area contributed by atoms with Gasteiger partial charge in [-0.05, 0) is 64.3 Å². The van der Waals surface area contributed by atoms with Crippen molar-refractivity contribution >= 4 is 5.78 Å². The normalized spacial score (nSPS) is 23.0. The topological polar surface area (TPSA) is 29.5 Å². The number of hydrogen-bond acceptors (Lipinski definition) is 3. The molecule has 1 heterocycles. The van der Waals surface area contributed by atoms with Gasteiger partial charge in [0.15, 0.2) is 5.78 Å². The zero-order valence-electron chi connectivity index (χ0n) is 13.7. The molecule has 0 aliphatic carbocycles. The van der Waals surface area contributed by atoms with Crippen molar-refractivity contribution in [1.82, 2.24) is 4.90 Å². The molecule has 2 atom stereocenters.